The van der Waals surface area contributed by atoms with Crippen molar-refractivity contribution in [2.75, 3.05) is 18.6 Å². The number of methoxy groups -OCH3 is 1. The van der Waals surface area contributed by atoms with Crippen molar-refractivity contribution in [2.45, 2.75) is 25.6 Å². The average molecular weight is 430 g/mol. The number of carbonyl (C=O) groups excluding carboxylic acids is 2. The molecule has 0 bridgehead atoms. The Morgan fingerprint density at radius 3 is 2.77 bits per heavy atom. The number of nitrogens with zero attached hydrogens (tertiary/aromatic N) is 2. The van der Waals surface area contributed by atoms with Crippen molar-refractivity contribution in [3.8, 4) is 5.75 Å². The van der Waals surface area contributed by atoms with E-state index in [1.807, 2.05) is 12.1 Å². The summed E-state index contributed by atoms with van der Waals surface area (Å²) >= 11 is 6.10. The number of pyridine rings is 1. The molecule has 3 N–H and O–H groups in total. The fourth-order valence-corrected chi connectivity index (χ4v) is 4.19. The van der Waals surface area contributed by atoms with Gasteiger partial charge >= 0.3 is 0 Å². The molecular formula is C21H24ClN5O3. The van der Waals surface area contributed by atoms with E-state index in [4.69, 9.17) is 16.3 Å². The minimum atomic E-state index is -0.449. The fourth-order valence-electron chi connectivity index (χ4n) is 4.02. The molecule has 2 aliphatic heterocycles. The number of rotatable bonds is 5. The standard InChI is InChI=1S/C21H24ClN5O3/c1-12-19(13-5-7-23-8-6-13)25-26-20(12)24-21(29)14-9-18(28)27(11-14)16-10-15(22)3-4-17(16)30-2/h3-8,10,12,14,19-20,25-26H,9,11H2,1-2H3,(H,24,29). The third-order valence-electron chi connectivity index (χ3n) is 5.74. The predicted molar refractivity (Wildman–Crippen MR) is 113 cm³/mol. The molecule has 0 radical (unpaired) electrons. The van der Waals surface area contributed by atoms with Gasteiger partial charge < -0.3 is 15.0 Å². The molecule has 2 aliphatic rings. The van der Waals surface area contributed by atoms with E-state index in [0.717, 1.165) is 5.56 Å². The van der Waals surface area contributed by atoms with Crippen LogP contribution < -0.4 is 25.8 Å². The summed E-state index contributed by atoms with van der Waals surface area (Å²) in [4.78, 5) is 31.1. The van der Waals surface area contributed by atoms with E-state index in [1.54, 1.807) is 35.5 Å². The molecule has 2 saturated heterocycles. The van der Waals surface area contributed by atoms with E-state index in [1.165, 1.54) is 7.11 Å². The number of benzene rings is 1. The second-order valence-electron chi connectivity index (χ2n) is 7.61. The number of carbonyl (C=O) groups is 2. The summed E-state index contributed by atoms with van der Waals surface area (Å²) < 4.78 is 5.36. The molecule has 2 fully saturated rings. The van der Waals surface area contributed by atoms with Gasteiger partial charge in [0.05, 0.1) is 30.9 Å². The number of halogens is 1. The Morgan fingerprint density at radius 2 is 2.03 bits per heavy atom. The van der Waals surface area contributed by atoms with E-state index in [2.05, 4.69) is 28.1 Å². The SMILES string of the molecule is COc1ccc(Cl)cc1N1CC(C(=O)NC2NNC(c3ccncc3)C2C)CC1=O. The Hall–Kier alpha value is -2.68. The molecule has 4 unspecified atom stereocenters. The summed E-state index contributed by atoms with van der Waals surface area (Å²) in [7, 11) is 1.54. The topological polar surface area (TPSA) is 95.6 Å². The van der Waals surface area contributed by atoms with Crippen LogP contribution >= 0.6 is 11.6 Å². The van der Waals surface area contributed by atoms with Gasteiger partial charge in [0, 0.05) is 36.3 Å². The summed E-state index contributed by atoms with van der Waals surface area (Å²) in [5.74, 6) is -0.0821. The van der Waals surface area contributed by atoms with Crippen LogP contribution in [0.1, 0.15) is 24.9 Å². The zero-order valence-electron chi connectivity index (χ0n) is 16.8. The summed E-state index contributed by atoms with van der Waals surface area (Å²) in [6.07, 6.45) is 3.39. The van der Waals surface area contributed by atoms with Gasteiger partial charge in [-0.3, -0.25) is 14.6 Å². The number of hydrogen-bond acceptors (Lipinski definition) is 6. The maximum absolute atomic E-state index is 12.9. The number of hydrazine groups is 1. The Bertz CT molecular complexity index is 941. The van der Waals surface area contributed by atoms with Crippen molar-refractivity contribution in [1.29, 1.82) is 0 Å². The van der Waals surface area contributed by atoms with Crippen molar-refractivity contribution in [1.82, 2.24) is 21.2 Å². The van der Waals surface area contributed by atoms with E-state index < -0.39 is 5.92 Å². The van der Waals surface area contributed by atoms with Crippen LogP contribution in [-0.2, 0) is 9.59 Å². The van der Waals surface area contributed by atoms with Crippen LogP contribution in [-0.4, -0.2) is 36.6 Å². The van der Waals surface area contributed by atoms with Crippen molar-refractivity contribution in [3.05, 3.63) is 53.3 Å². The van der Waals surface area contributed by atoms with Crippen molar-refractivity contribution < 1.29 is 14.3 Å². The van der Waals surface area contributed by atoms with Crippen LogP contribution in [0.5, 0.6) is 5.75 Å². The molecule has 9 heteroatoms. The first kappa shape index (κ1) is 20.6. The maximum Gasteiger partial charge on any atom is 0.227 e. The minimum Gasteiger partial charge on any atom is -0.495 e. The normalized spacial score (nSPS) is 26.1. The van der Waals surface area contributed by atoms with Crippen LogP contribution in [0.4, 0.5) is 5.69 Å². The molecule has 30 heavy (non-hydrogen) atoms. The van der Waals surface area contributed by atoms with Crippen LogP contribution in [0.15, 0.2) is 42.7 Å². The van der Waals surface area contributed by atoms with Gasteiger partial charge in [-0.05, 0) is 35.9 Å². The third-order valence-corrected chi connectivity index (χ3v) is 5.97. The lowest BCUT2D eigenvalue weighted by atomic mass is 9.95. The first-order chi connectivity index (χ1) is 14.5. The summed E-state index contributed by atoms with van der Waals surface area (Å²) in [6.45, 7) is 2.34. The highest BCUT2D eigenvalue weighted by molar-refractivity contribution is 6.31. The second kappa shape index (κ2) is 8.59. The van der Waals surface area contributed by atoms with Gasteiger partial charge in [-0.1, -0.05) is 18.5 Å². The Labute approximate surface area is 179 Å². The number of aromatic nitrogens is 1. The molecule has 0 saturated carbocycles. The molecule has 0 aliphatic carbocycles. The Balaban J connectivity index is 1.42. The monoisotopic (exact) mass is 429 g/mol. The van der Waals surface area contributed by atoms with E-state index in [9.17, 15) is 9.59 Å². The van der Waals surface area contributed by atoms with Gasteiger partial charge in [0.15, 0.2) is 0 Å². The molecule has 0 spiro atoms. The largest absolute Gasteiger partial charge is 0.495 e. The van der Waals surface area contributed by atoms with E-state index in [0.29, 0.717) is 16.5 Å². The first-order valence-electron chi connectivity index (χ1n) is 9.83. The highest BCUT2D eigenvalue weighted by Crippen LogP contribution is 2.35. The van der Waals surface area contributed by atoms with Crippen LogP contribution in [0, 0.1) is 11.8 Å². The predicted octanol–water partition coefficient (Wildman–Crippen LogP) is 2.02. The van der Waals surface area contributed by atoms with Gasteiger partial charge in [0.25, 0.3) is 0 Å². The van der Waals surface area contributed by atoms with Gasteiger partial charge in [0.1, 0.15) is 5.75 Å². The van der Waals surface area contributed by atoms with E-state index >= 15 is 0 Å². The average Bonchev–Trinajstić information content (AvgIpc) is 3.31. The number of hydrogen-bond donors (Lipinski definition) is 3. The highest BCUT2D eigenvalue weighted by atomic mass is 35.5. The summed E-state index contributed by atoms with van der Waals surface area (Å²) in [6, 6.07) is 9.05. The molecule has 1 aromatic carbocycles. The van der Waals surface area contributed by atoms with Crippen LogP contribution in [0.25, 0.3) is 0 Å². The van der Waals surface area contributed by atoms with E-state index in [-0.39, 0.29) is 42.9 Å². The molecule has 2 aromatic rings. The Morgan fingerprint density at radius 1 is 1.27 bits per heavy atom. The van der Waals surface area contributed by atoms with Crippen LogP contribution in [0.2, 0.25) is 5.02 Å². The maximum atomic E-state index is 12.9. The quantitative estimate of drug-likeness (QED) is 0.673. The minimum absolute atomic E-state index is 0.0516. The molecule has 3 heterocycles. The highest BCUT2D eigenvalue weighted by Gasteiger charge is 2.39. The lowest BCUT2D eigenvalue weighted by Gasteiger charge is -2.22. The summed E-state index contributed by atoms with van der Waals surface area (Å²) in [5, 5.41) is 3.54. The third kappa shape index (κ3) is 3.98. The number of nitrogens with one attached hydrogen (secondary N) is 3. The van der Waals surface area contributed by atoms with Crippen molar-refractivity contribution in [2.24, 2.45) is 11.8 Å². The van der Waals surface area contributed by atoms with Crippen molar-refractivity contribution >= 4 is 29.1 Å². The lowest BCUT2D eigenvalue weighted by Crippen LogP contribution is -2.48. The zero-order chi connectivity index (χ0) is 21.3. The molecule has 4 atom stereocenters. The number of amides is 2. The Kier molecular flexibility index (Phi) is 5.90. The molecular weight excluding hydrogens is 406 g/mol. The molecule has 1 aromatic heterocycles. The molecule has 158 valence electrons. The zero-order valence-corrected chi connectivity index (χ0v) is 17.5. The fraction of sp³-hybridized carbons (Fsp3) is 0.381. The number of anilines is 1. The molecule has 2 amide bonds. The van der Waals surface area contributed by atoms with Gasteiger partial charge in [-0.15, -0.1) is 0 Å². The van der Waals surface area contributed by atoms with Crippen LogP contribution in [0.3, 0.4) is 0 Å². The number of ether oxygens (including phenoxy) is 1. The van der Waals surface area contributed by atoms with Gasteiger partial charge in [-0.2, -0.15) is 0 Å². The molecule has 8 nitrogen and oxygen atoms in total. The van der Waals surface area contributed by atoms with Crippen molar-refractivity contribution in [3.63, 3.8) is 0 Å². The van der Waals surface area contributed by atoms with Gasteiger partial charge in [-0.25, -0.2) is 10.9 Å². The lowest BCUT2D eigenvalue weighted by molar-refractivity contribution is -0.127. The first-order valence-corrected chi connectivity index (χ1v) is 10.2. The smallest absolute Gasteiger partial charge is 0.227 e. The molecule has 4 rings (SSSR count). The summed E-state index contributed by atoms with van der Waals surface area (Å²) in [5.41, 5.74) is 8.06. The van der Waals surface area contributed by atoms with Gasteiger partial charge in [0.2, 0.25) is 11.8 Å². The second-order valence-corrected chi connectivity index (χ2v) is 8.05.